The van der Waals surface area contributed by atoms with Crippen molar-refractivity contribution in [2.24, 2.45) is 5.92 Å². The van der Waals surface area contributed by atoms with E-state index in [-0.39, 0.29) is 30.4 Å². The Balaban J connectivity index is 1.34. The molecule has 0 radical (unpaired) electrons. The van der Waals surface area contributed by atoms with Gasteiger partial charge in [-0.25, -0.2) is 4.98 Å². The van der Waals surface area contributed by atoms with Gasteiger partial charge in [-0.1, -0.05) is 43.2 Å². The number of fused-ring (bicyclic) bond motifs is 2. The number of rotatable bonds is 6. The summed E-state index contributed by atoms with van der Waals surface area (Å²) in [5, 5.41) is 3.56. The average Bonchev–Trinajstić information content (AvgIpc) is 3.55. The van der Waals surface area contributed by atoms with Crippen molar-refractivity contribution in [3.05, 3.63) is 24.3 Å². The summed E-state index contributed by atoms with van der Waals surface area (Å²) in [5.41, 5.74) is 0.830. The van der Waals surface area contributed by atoms with Crippen LogP contribution in [0.2, 0.25) is 0 Å². The smallest absolute Gasteiger partial charge is 0.282 e. The van der Waals surface area contributed by atoms with E-state index >= 15 is 0 Å². The maximum absolute atomic E-state index is 13.4. The molecule has 2 amide bonds. The Morgan fingerprint density at radius 1 is 1.24 bits per heavy atom. The van der Waals surface area contributed by atoms with Crippen molar-refractivity contribution in [1.29, 1.82) is 0 Å². The Bertz CT molecular complexity index is 1140. The topological polar surface area (TPSA) is 103 Å². The minimum absolute atomic E-state index is 0.106. The quantitative estimate of drug-likeness (QED) is 0.665. The number of aromatic nitrogens is 1. The van der Waals surface area contributed by atoms with E-state index in [9.17, 15) is 18.0 Å². The Morgan fingerprint density at radius 2 is 1.97 bits per heavy atom. The van der Waals surface area contributed by atoms with Crippen LogP contribution in [0.5, 0.6) is 0 Å². The van der Waals surface area contributed by atoms with Crippen molar-refractivity contribution in [1.82, 2.24) is 18.9 Å². The molecule has 1 aliphatic carbocycles. The third kappa shape index (κ3) is 3.94. The van der Waals surface area contributed by atoms with Crippen molar-refractivity contribution in [3.63, 3.8) is 0 Å². The van der Waals surface area contributed by atoms with E-state index in [2.05, 4.69) is 10.3 Å². The number of hydrogen-bond acceptors (Lipinski definition) is 6. The highest BCUT2D eigenvalue weighted by atomic mass is 32.2. The molecule has 2 aromatic rings. The lowest BCUT2D eigenvalue weighted by Crippen LogP contribution is -2.50. The predicted octanol–water partition coefficient (Wildman–Crippen LogP) is 1.96. The molecule has 178 valence electrons. The molecule has 1 saturated carbocycles. The zero-order valence-electron chi connectivity index (χ0n) is 18.8. The third-order valence-corrected chi connectivity index (χ3v) is 10.1. The number of likely N-dealkylation sites (N-methyl/N-ethyl adjacent to an activating group) is 1. The molecule has 3 aliphatic rings. The third-order valence-electron chi connectivity index (χ3n) is 7.11. The summed E-state index contributed by atoms with van der Waals surface area (Å²) >= 11 is 1.45. The molecule has 1 N–H and O–H groups in total. The largest absolute Gasteiger partial charge is 0.352 e. The Morgan fingerprint density at radius 3 is 2.70 bits per heavy atom. The molecular weight excluding hydrogens is 462 g/mol. The normalized spacial score (nSPS) is 26.6. The number of nitrogens with one attached hydrogen (secondary N) is 1. The summed E-state index contributed by atoms with van der Waals surface area (Å²) in [6, 6.07) is 7.12. The average molecular weight is 492 g/mol. The first-order valence-electron chi connectivity index (χ1n) is 11.5. The van der Waals surface area contributed by atoms with E-state index in [1.807, 2.05) is 24.3 Å². The highest BCUT2D eigenvalue weighted by molar-refractivity contribution is 7.86. The first-order valence-corrected chi connectivity index (χ1v) is 13.7. The number of carbonyl (C=O) groups excluding carboxylic acids is 2. The second kappa shape index (κ2) is 8.61. The minimum atomic E-state index is -3.90. The Hall–Kier alpha value is -2.08. The van der Waals surface area contributed by atoms with Gasteiger partial charge >= 0.3 is 0 Å². The van der Waals surface area contributed by atoms with Crippen LogP contribution >= 0.6 is 11.3 Å². The van der Waals surface area contributed by atoms with Gasteiger partial charge < -0.3 is 5.32 Å². The molecule has 5 rings (SSSR count). The van der Waals surface area contributed by atoms with Crippen LogP contribution in [0.3, 0.4) is 0 Å². The summed E-state index contributed by atoms with van der Waals surface area (Å²) in [6.45, 7) is 1.87. The monoisotopic (exact) mass is 491 g/mol. The molecule has 9 nitrogen and oxygen atoms in total. The van der Waals surface area contributed by atoms with Crippen molar-refractivity contribution < 1.29 is 18.0 Å². The van der Waals surface area contributed by atoms with Gasteiger partial charge in [0.15, 0.2) is 5.13 Å². The SMILES string of the molecule is C[C@@H]1C(=O)N(c2nc3ccccc3s2)[C@H]2CCN(S(=O)(=O)N(C)CC(=O)NC3CCCC3)[C@H]12. The van der Waals surface area contributed by atoms with Crippen LogP contribution in [0.1, 0.15) is 39.0 Å². The number of amides is 2. The second-order valence-corrected chi connectivity index (χ2v) is 12.2. The van der Waals surface area contributed by atoms with Gasteiger partial charge in [0.2, 0.25) is 11.8 Å². The van der Waals surface area contributed by atoms with E-state index in [1.54, 1.807) is 11.8 Å². The van der Waals surface area contributed by atoms with Crippen LogP contribution in [0, 0.1) is 5.92 Å². The van der Waals surface area contributed by atoms with Crippen LogP contribution in [-0.4, -0.2) is 72.1 Å². The van der Waals surface area contributed by atoms with E-state index in [0.717, 1.165) is 40.2 Å². The second-order valence-electron chi connectivity index (χ2n) is 9.23. The number of nitrogens with zero attached hydrogens (tertiary/aromatic N) is 4. The van der Waals surface area contributed by atoms with Crippen molar-refractivity contribution in [2.75, 3.05) is 25.0 Å². The van der Waals surface area contributed by atoms with Gasteiger partial charge in [0.1, 0.15) is 0 Å². The summed E-state index contributed by atoms with van der Waals surface area (Å²) < 4.78 is 30.3. The molecule has 0 spiro atoms. The Kier molecular flexibility index (Phi) is 5.92. The van der Waals surface area contributed by atoms with Gasteiger partial charge in [0, 0.05) is 19.6 Å². The van der Waals surface area contributed by atoms with E-state index in [4.69, 9.17) is 0 Å². The fourth-order valence-electron chi connectivity index (χ4n) is 5.44. The minimum Gasteiger partial charge on any atom is -0.352 e. The van der Waals surface area contributed by atoms with Gasteiger partial charge in [-0.15, -0.1) is 0 Å². The highest BCUT2D eigenvalue weighted by Crippen LogP contribution is 2.42. The van der Waals surface area contributed by atoms with Gasteiger partial charge in [0.05, 0.1) is 34.8 Å². The van der Waals surface area contributed by atoms with E-state index in [0.29, 0.717) is 18.1 Å². The van der Waals surface area contributed by atoms with E-state index < -0.39 is 22.2 Å². The lowest BCUT2D eigenvalue weighted by molar-refractivity contribution is -0.122. The molecular formula is C22H29N5O4S2. The molecule has 0 bridgehead atoms. The number of para-hydroxylation sites is 1. The van der Waals surface area contributed by atoms with Crippen molar-refractivity contribution >= 4 is 48.7 Å². The first-order chi connectivity index (χ1) is 15.8. The van der Waals surface area contributed by atoms with Gasteiger partial charge in [-0.3, -0.25) is 14.5 Å². The van der Waals surface area contributed by atoms with Crippen LogP contribution in [0.4, 0.5) is 5.13 Å². The lowest BCUT2D eigenvalue weighted by atomic mass is 10.0. The summed E-state index contributed by atoms with van der Waals surface area (Å²) in [5.74, 6) is -0.874. The number of hydrogen-bond donors (Lipinski definition) is 1. The molecule has 2 aliphatic heterocycles. The fourth-order valence-corrected chi connectivity index (χ4v) is 8.07. The molecule has 1 aromatic carbocycles. The van der Waals surface area contributed by atoms with Crippen molar-refractivity contribution in [2.45, 2.75) is 57.2 Å². The summed E-state index contributed by atoms with van der Waals surface area (Å²) in [7, 11) is -2.46. The van der Waals surface area contributed by atoms with Crippen LogP contribution < -0.4 is 10.2 Å². The maximum Gasteiger partial charge on any atom is 0.282 e. The number of thiazole rings is 1. The van der Waals surface area contributed by atoms with Crippen LogP contribution in [-0.2, 0) is 19.8 Å². The van der Waals surface area contributed by atoms with Crippen LogP contribution in [0.15, 0.2) is 24.3 Å². The highest BCUT2D eigenvalue weighted by Gasteiger charge is 2.56. The predicted molar refractivity (Wildman–Crippen MR) is 127 cm³/mol. The molecule has 1 aromatic heterocycles. The fraction of sp³-hybridized carbons (Fsp3) is 0.591. The zero-order valence-corrected chi connectivity index (χ0v) is 20.4. The van der Waals surface area contributed by atoms with Gasteiger partial charge in [-0.05, 0) is 31.4 Å². The molecule has 3 fully saturated rings. The molecule has 11 heteroatoms. The summed E-state index contributed by atoms with van der Waals surface area (Å²) in [6.07, 6.45) is 4.61. The molecule has 3 heterocycles. The molecule has 33 heavy (non-hydrogen) atoms. The maximum atomic E-state index is 13.4. The molecule has 0 unspecified atom stereocenters. The molecule has 3 atom stereocenters. The zero-order chi connectivity index (χ0) is 23.3. The first kappa shape index (κ1) is 22.7. The number of benzene rings is 1. The van der Waals surface area contributed by atoms with E-state index in [1.165, 1.54) is 22.7 Å². The van der Waals surface area contributed by atoms with Crippen molar-refractivity contribution in [3.8, 4) is 0 Å². The van der Waals surface area contributed by atoms with Gasteiger partial charge in [-0.2, -0.15) is 17.0 Å². The lowest BCUT2D eigenvalue weighted by Gasteiger charge is -2.29. The standard InChI is InChI=1S/C22H29N5O4S2/c1-14-20-17(27(21(14)29)22-24-16-9-5-6-10-18(16)32-22)11-12-26(20)33(30,31)25(2)13-19(28)23-15-7-3-4-8-15/h5-6,9-10,14-15,17,20H,3-4,7-8,11-13H2,1-2H3,(H,23,28)/t14-,17-,20+/m0/s1. The number of anilines is 1. The van der Waals surface area contributed by atoms with Gasteiger partial charge in [0.25, 0.3) is 10.2 Å². The number of carbonyl (C=O) groups is 2. The molecule has 2 saturated heterocycles. The van der Waals surface area contributed by atoms with Crippen LogP contribution in [0.25, 0.3) is 10.2 Å². The summed E-state index contributed by atoms with van der Waals surface area (Å²) in [4.78, 5) is 32.0. The Labute approximate surface area is 197 Å².